The molecule has 4 aliphatic heterocycles. The number of nitrogens with zero attached hydrogens (tertiary/aromatic N) is 2. The molecule has 5 atom stereocenters. The van der Waals surface area contributed by atoms with Crippen LogP contribution in [0.4, 0.5) is 0 Å². The summed E-state index contributed by atoms with van der Waals surface area (Å²) in [7, 11) is 1.76. The van der Waals surface area contributed by atoms with E-state index in [-0.39, 0.29) is 6.10 Å². The van der Waals surface area contributed by atoms with Crippen molar-refractivity contribution >= 4 is 5.91 Å². The Hall–Kier alpha value is -0.610. The first-order chi connectivity index (χ1) is 9.78. The van der Waals surface area contributed by atoms with Gasteiger partial charge in [-0.15, -0.1) is 0 Å². The van der Waals surface area contributed by atoms with Crippen molar-refractivity contribution in [1.29, 1.82) is 0 Å². The molecule has 4 rings (SSSR count). The molecule has 1 amide bonds. The van der Waals surface area contributed by atoms with E-state index in [0.29, 0.717) is 24.3 Å². The van der Waals surface area contributed by atoms with E-state index in [1.165, 1.54) is 38.8 Å². The molecule has 0 bridgehead atoms. The Morgan fingerprint density at radius 2 is 2.00 bits per heavy atom. The van der Waals surface area contributed by atoms with Crippen molar-refractivity contribution in [3.05, 3.63) is 0 Å². The minimum absolute atomic E-state index is 0.152. The minimum Gasteiger partial charge on any atom is -0.381 e. The number of carbonyl (C=O) groups is 1. The van der Waals surface area contributed by atoms with Crippen LogP contribution < -0.4 is 0 Å². The van der Waals surface area contributed by atoms with Gasteiger partial charge in [-0.1, -0.05) is 0 Å². The SMILES string of the molecule is COC1CC(=O)N2CC3CCCN4CCCC(C34)[C@H]2C1. The summed E-state index contributed by atoms with van der Waals surface area (Å²) < 4.78 is 5.52. The fourth-order valence-corrected chi connectivity index (χ4v) is 5.43. The van der Waals surface area contributed by atoms with Gasteiger partial charge in [-0.2, -0.15) is 0 Å². The molecule has 4 fully saturated rings. The van der Waals surface area contributed by atoms with E-state index < -0.39 is 0 Å². The zero-order valence-corrected chi connectivity index (χ0v) is 12.5. The number of hydrogen-bond acceptors (Lipinski definition) is 3. The molecule has 20 heavy (non-hydrogen) atoms. The molecule has 0 aromatic carbocycles. The maximum Gasteiger partial charge on any atom is 0.225 e. The van der Waals surface area contributed by atoms with Crippen LogP contribution in [-0.4, -0.2) is 60.6 Å². The number of carbonyl (C=O) groups excluding carboxylic acids is 1. The Bertz CT molecular complexity index is 398. The Balaban J connectivity index is 1.63. The van der Waals surface area contributed by atoms with E-state index in [0.717, 1.165) is 24.9 Å². The molecule has 112 valence electrons. The largest absolute Gasteiger partial charge is 0.381 e. The van der Waals surface area contributed by atoms with Crippen molar-refractivity contribution in [3.8, 4) is 0 Å². The Morgan fingerprint density at radius 1 is 1.20 bits per heavy atom. The fourth-order valence-electron chi connectivity index (χ4n) is 5.43. The van der Waals surface area contributed by atoms with Gasteiger partial charge in [-0.25, -0.2) is 0 Å². The summed E-state index contributed by atoms with van der Waals surface area (Å²) in [4.78, 5) is 17.4. The molecule has 4 aliphatic rings. The van der Waals surface area contributed by atoms with Gasteiger partial charge in [0.05, 0.1) is 12.5 Å². The lowest BCUT2D eigenvalue weighted by Gasteiger charge is -2.59. The fraction of sp³-hybridized carbons (Fsp3) is 0.938. The number of piperidine rings is 4. The van der Waals surface area contributed by atoms with Gasteiger partial charge in [0.2, 0.25) is 5.91 Å². The highest BCUT2D eigenvalue weighted by atomic mass is 16.5. The van der Waals surface area contributed by atoms with E-state index >= 15 is 0 Å². The molecule has 4 unspecified atom stereocenters. The van der Waals surface area contributed by atoms with Crippen LogP contribution in [0.1, 0.15) is 38.5 Å². The summed E-state index contributed by atoms with van der Waals surface area (Å²) in [6, 6.07) is 1.20. The molecule has 4 nitrogen and oxygen atoms in total. The molecule has 0 saturated carbocycles. The van der Waals surface area contributed by atoms with Crippen LogP contribution in [0.5, 0.6) is 0 Å². The molecule has 4 saturated heterocycles. The van der Waals surface area contributed by atoms with Gasteiger partial charge in [0.1, 0.15) is 0 Å². The highest BCUT2D eigenvalue weighted by Gasteiger charge is 2.51. The topological polar surface area (TPSA) is 32.8 Å². The lowest BCUT2D eigenvalue weighted by Crippen LogP contribution is -2.67. The first-order valence-corrected chi connectivity index (χ1v) is 8.34. The number of rotatable bonds is 1. The van der Waals surface area contributed by atoms with Crippen LogP contribution in [0, 0.1) is 11.8 Å². The summed E-state index contributed by atoms with van der Waals surface area (Å²) in [6.45, 7) is 3.58. The van der Waals surface area contributed by atoms with Crippen molar-refractivity contribution in [2.24, 2.45) is 11.8 Å². The highest BCUT2D eigenvalue weighted by molar-refractivity contribution is 5.78. The van der Waals surface area contributed by atoms with Crippen molar-refractivity contribution in [2.75, 3.05) is 26.7 Å². The molecule has 4 heterocycles. The average molecular weight is 278 g/mol. The lowest BCUT2D eigenvalue weighted by molar-refractivity contribution is -0.159. The van der Waals surface area contributed by atoms with Gasteiger partial charge in [-0.3, -0.25) is 9.69 Å². The van der Waals surface area contributed by atoms with Gasteiger partial charge in [0, 0.05) is 25.7 Å². The van der Waals surface area contributed by atoms with Gasteiger partial charge in [-0.05, 0) is 57.0 Å². The van der Waals surface area contributed by atoms with Crippen LogP contribution in [-0.2, 0) is 9.53 Å². The molecule has 0 aliphatic carbocycles. The maximum atomic E-state index is 12.5. The summed E-state index contributed by atoms with van der Waals surface area (Å²) >= 11 is 0. The second-order valence-electron chi connectivity index (χ2n) is 7.15. The Kier molecular flexibility index (Phi) is 3.26. The number of hydrogen-bond donors (Lipinski definition) is 0. The summed E-state index contributed by atoms with van der Waals surface area (Å²) in [6.07, 6.45) is 7.07. The zero-order valence-electron chi connectivity index (χ0n) is 12.5. The van der Waals surface area contributed by atoms with E-state index in [9.17, 15) is 4.79 Å². The van der Waals surface area contributed by atoms with E-state index in [1.807, 2.05) is 0 Å². The minimum atomic E-state index is 0.152. The summed E-state index contributed by atoms with van der Waals surface area (Å²) in [5.41, 5.74) is 0. The number of ether oxygens (including phenoxy) is 1. The first kappa shape index (κ1) is 13.1. The summed E-state index contributed by atoms with van der Waals surface area (Å²) in [5.74, 6) is 1.77. The third-order valence-corrected chi connectivity index (χ3v) is 6.23. The quantitative estimate of drug-likeness (QED) is 0.728. The van der Waals surface area contributed by atoms with Crippen molar-refractivity contribution in [1.82, 2.24) is 9.80 Å². The smallest absolute Gasteiger partial charge is 0.225 e. The normalized spacial score (nSPS) is 45.0. The lowest BCUT2D eigenvalue weighted by atomic mass is 9.68. The van der Waals surface area contributed by atoms with Crippen molar-refractivity contribution in [2.45, 2.75) is 56.7 Å². The van der Waals surface area contributed by atoms with Gasteiger partial charge >= 0.3 is 0 Å². The van der Waals surface area contributed by atoms with E-state index in [1.54, 1.807) is 7.11 Å². The molecule has 0 radical (unpaired) electrons. The highest BCUT2D eigenvalue weighted by Crippen LogP contribution is 2.44. The first-order valence-electron chi connectivity index (χ1n) is 8.34. The monoisotopic (exact) mass is 278 g/mol. The van der Waals surface area contributed by atoms with Gasteiger partial charge in [0.15, 0.2) is 0 Å². The van der Waals surface area contributed by atoms with Crippen LogP contribution in [0.15, 0.2) is 0 Å². The second kappa shape index (κ2) is 4.99. The van der Waals surface area contributed by atoms with Gasteiger partial charge in [0.25, 0.3) is 0 Å². The number of methoxy groups -OCH3 is 1. The molecule has 0 N–H and O–H groups in total. The van der Waals surface area contributed by atoms with E-state index in [2.05, 4.69) is 9.80 Å². The van der Waals surface area contributed by atoms with Crippen LogP contribution in [0.25, 0.3) is 0 Å². The molecule has 0 aromatic rings. The second-order valence-corrected chi connectivity index (χ2v) is 7.15. The predicted molar refractivity (Wildman–Crippen MR) is 76.3 cm³/mol. The number of amides is 1. The average Bonchev–Trinajstić information content (AvgIpc) is 2.48. The molecule has 0 aromatic heterocycles. The standard InChI is InChI=1S/C16H26N2O2/c1-20-12-8-14-13-5-3-7-17-6-2-4-11(16(13)17)10-18(14)15(19)9-12/h11-14,16H,2-10H2,1H3/t11?,12?,13?,14-,16?/m1/s1. The summed E-state index contributed by atoms with van der Waals surface area (Å²) in [5, 5.41) is 0. The zero-order chi connectivity index (χ0) is 13.7. The Labute approximate surface area is 121 Å². The van der Waals surface area contributed by atoms with Crippen LogP contribution in [0.2, 0.25) is 0 Å². The third kappa shape index (κ3) is 1.92. The van der Waals surface area contributed by atoms with Crippen LogP contribution in [0.3, 0.4) is 0 Å². The third-order valence-electron chi connectivity index (χ3n) is 6.23. The number of fused-ring (bicyclic) bond motifs is 2. The predicted octanol–water partition coefficient (Wildman–Crippen LogP) is 1.50. The van der Waals surface area contributed by atoms with Gasteiger partial charge < -0.3 is 9.64 Å². The molecular formula is C16H26N2O2. The van der Waals surface area contributed by atoms with E-state index in [4.69, 9.17) is 4.74 Å². The molecule has 4 heteroatoms. The van der Waals surface area contributed by atoms with Crippen molar-refractivity contribution in [3.63, 3.8) is 0 Å². The molecular weight excluding hydrogens is 252 g/mol. The van der Waals surface area contributed by atoms with Crippen LogP contribution >= 0.6 is 0 Å². The van der Waals surface area contributed by atoms with Crippen molar-refractivity contribution < 1.29 is 9.53 Å². The maximum absolute atomic E-state index is 12.5. The molecule has 0 spiro atoms. The Morgan fingerprint density at radius 3 is 2.80 bits per heavy atom.